The first-order valence-corrected chi connectivity index (χ1v) is 11.3. The lowest BCUT2D eigenvalue weighted by Crippen LogP contribution is -2.45. The van der Waals surface area contributed by atoms with Crippen LogP contribution >= 0.6 is 0 Å². The number of amides is 3. The fourth-order valence-corrected chi connectivity index (χ4v) is 3.73. The first-order chi connectivity index (χ1) is 15.2. The van der Waals surface area contributed by atoms with E-state index in [1.165, 1.54) is 5.56 Å². The van der Waals surface area contributed by atoms with E-state index in [0.29, 0.717) is 30.9 Å². The van der Waals surface area contributed by atoms with E-state index in [2.05, 4.69) is 10.6 Å². The van der Waals surface area contributed by atoms with Gasteiger partial charge in [-0.25, -0.2) is 0 Å². The van der Waals surface area contributed by atoms with Gasteiger partial charge in [-0.05, 0) is 43.0 Å². The molecule has 0 aromatic heterocycles. The summed E-state index contributed by atoms with van der Waals surface area (Å²) in [6.07, 6.45) is 2.36. The number of carbonyl (C=O) groups is 3. The van der Waals surface area contributed by atoms with Gasteiger partial charge in [0.25, 0.3) is 5.91 Å². The van der Waals surface area contributed by atoms with Crippen molar-refractivity contribution in [2.24, 2.45) is 11.3 Å². The normalized spacial score (nSPS) is 16.3. The maximum absolute atomic E-state index is 13.1. The zero-order chi connectivity index (χ0) is 23.1. The van der Waals surface area contributed by atoms with Crippen LogP contribution in [0.25, 0.3) is 0 Å². The van der Waals surface area contributed by atoms with Gasteiger partial charge in [0.1, 0.15) is 0 Å². The molecular weight excluding hydrogens is 402 g/mol. The van der Waals surface area contributed by atoms with Crippen LogP contribution in [0.3, 0.4) is 0 Å². The number of nitrogens with zero attached hydrogens (tertiary/aromatic N) is 1. The predicted molar refractivity (Wildman–Crippen MR) is 126 cm³/mol. The SMILES string of the molecule is CC(C)(C)C(=O)Nc1cccc(C(=O)N2CCCC(C(=O)NCCc3ccccc3)C2)c1. The molecule has 0 aliphatic carbocycles. The van der Waals surface area contributed by atoms with Gasteiger partial charge in [0.2, 0.25) is 11.8 Å². The molecule has 1 fully saturated rings. The van der Waals surface area contributed by atoms with Gasteiger partial charge in [0, 0.05) is 36.3 Å². The summed E-state index contributed by atoms with van der Waals surface area (Å²) in [5.74, 6) is -0.414. The van der Waals surface area contributed by atoms with Gasteiger partial charge in [-0.15, -0.1) is 0 Å². The number of anilines is 1. The Hall–Kier alpha value is -3.15. The van der Waals surface area contributed by atoms with Gasteiger partial charge >= 0.3 is 0 Å². The smallest absolute Gasteiger partial charge is 0.253 e. The Balaban J connectivity index is 1.56. The molecule has 2 aromatic carbocycles. The number of hydrogen-bond acceptors (Lipinski definition) is 3. The maximum Gasteiger partial charge on any atom is 0.253 e. The van der Waals surface area contributed by atoms with Crippen molar-refractivity contribution in [1.29, 1.82) is 0 Å². The Labute approximate surface area is 190 Å². The van der Waals surface area contributed by atoms with Crippen molar-refractivity contribution in [3.8, 4) is 0 Å². The highest BCUT2D eigenvalue weighted by Crippen LogP contribution is 2.22. The van der Waals surface area contributed by atoms with E-state index in [0.717, 1.165) is 19.3 Å². The second kappa shape index (κ2) is 10.4. The van der Waals surface area contributed by atoms with Crippen molar-refractivity contribution < 1.29 is 14.4 Å². The Kier molecular flexibility index (Phi) is 7.67. The molecule has 1 aliphatic rings. The molecule has 0 radical (unpaired) electrons. The molecule has 2 aromatic rings. The van der Waals surface area contributed by atoms with E-state index in [1.807, 2.05) is 51.1 Å². The first kappa shape index (κ1) is 23.5. The molecule has 32 heavy (non-hydrogen) atoms. The lowest BCUT2D eigenvalue weighted by molar-refractivity contribution is -0.126. The molecular formula is C26H33N3O3. The lowest BCUT2D eigenvalue weighted by atomic mass is 9.95. The van der Waals surface area contributed by atoms with Crippen molar-refractivity contribution in [2.45, 2.75) is 40.0 Å². The van der Waals surface area contributed by atoms with E-state index in [4.69, 9.17) is 0 Å². The van der Waals surface area contributed by atoms with Crippen molar-refractivity contribution >= 4 is 23.4 Å². The van der Waals surface area contributed by atoms with Crippen molar-refractivity contribution in [2.75, 3.05) is 25.0 Å². The van der Waals surface area contributed by atoms with Gasteiger partial charge in [0.15, 0.2) is 0 Å². The molecule has 1 heterocycles. The summed E-state index contributed by atoms with van der Waals surface area (Å²) >= 11 is 0. The third-order valence-electron chi connectivity index (χ3n) is 5.68. The minimum absolute atomic E-state index is 0.00428. The van der Waals surface area contributed by atoms with Gasteiger partial charge in [-0.3, -0.25) is 14.4 Å². The third kappa shape index (κ3) is 6.42. The minimum Gasteiger partial charge on any atom is -0.355 e. The minimum atomic E-state index is -0.520. The van der Waals surface area contributed by atoms with E-state index >= 15 is 0 Å². The van der Waals surface area contributed by atoms with Crippen LogP contribution in [0.4, 0.5) is 5.69 Å². The van der Waals surface area contributed by atoms with Gasteiger partial charge in [0.05, 0.1) is 5.92 Å². The molecule has 2 N–H and O–H groups in total. The largest absolute Gasteiger partial charge is 0.355 e. The molecule has 170 valence electrons. The van der Waals surface area contributed by atoms with E-state index < -0.39 is 5.41 Å². The second-order valence-electron chi connectivity index (χ2n) is 9.40. The first-order valence-electron chi connectivity index (χ1n) is 11.3. The second-order valence-corrected chi connectivity index (χ2v) is 9.40. The van der Waals surface area contributed by atoms with Crippen molar-refractivity contribution in [1.82, 2.24) is 10.2 Å². The molecule has 6 heteroatoms. The zero-order valence-electron chi connectivity index (χ0n) is 19.2. The maximum atomic E-state index is 13.1. The van der Waals surface area contributed by atoms with Crippen molar-refractivity contribution in [3.63, 3.8) is 0 Å². The van der Waals surface area contributed by atoms with E-state index in [-0.39, 0.29) is 23.6 Å². The molecule has 1 unspecified atom stereocenters. The molecule has 1 atom stereocenters. The topological polar surface area (TPSA) is 78.5 Å². The van der Waals surface area contributed by atoms with Crippen LogP contribution in [0.1, 0.15) is 49.5 Å². The standard InChI is InChI=1S/C26H33N3O3/c1-26(2,3)25(32)28-22-13-7-11-20(17-22)24(31)29-16-8-12-21(18-29)23(30)27-15-14-19-9-5-4-6-10-19/h4-7,9-11,13,17,21H,8,12,14-16,18H2,1-3H3,(H,27,30)(H,28,32). The number of benzene rings is 2. The van der Waals surface area contributed by atoms with Crippen LogP contribution in [0, 0.1) is 11.3 Å². The monoisotopic (exact) mass is 435 g/mol. The van der Waals surface area contributed by atoms with Crippen molar-refractivity contribution in [3.05, 3.63) is 65.7 Å². The van der Waals surface area contributed by atoms with Crippen LogP contribution in [0.5, 0.6) is 0 Å². The molecule has 1 aliphatic heterocycles. The lowest BCUT2D eigenvalue weighted by Gasteiger charge is -2.32. The van der Waals surface area contributed by atoms with E-state index in [9.17, 15) is 14.4 Å². The number of nitrogens with one attached hydrogen (secondary N) is 2. The van der Waals surface area contributed by atoms with Crippen LogP contribution in [-0.2, 0) is 16.0 Å². The molecule has 0 spiro atoms. The van der Waals surface area contributed by atoms with Crippen LogP contribution < -0.4 is 10.6 Å². The molecule has 0 saturated carbocycles. The number of hydrogen-bond donors (Lipinski definition) is 2. The molecule has 6 nitrogen and oxygen atoms in total. The summed E-state index contributed by atoms with van der Waals surface area (Å²) < 4.78 is 0. The van der Waals surface area contributed by atoms with Gasteiger partial charge in [-0.1, -0.05) is 57.2 Å². The quantitative estimate of drug-likeness (QED) is 0.723. The van der Waals surface area contributed by atoms with Gasteiger partial charge in [-0.2, -0.15) is 0 Å². The average molecular weight is 436 g/mol. The summed E-state index contributed by atoms with van der Waals surface area (Å²) in [4.78, 5) is 39.8. The number of piperidine rings is 1. The predicted octanol–water partition coefficient (Wildman–Crippen LogP) is 3.88. The highest BCUT2D eigenvalue weighted by molar-refractivity contribution is 5.98. The molecule has 3 rings (SSSR count). The van der Waals surface area contributed by atoms with Gasteiger partial charge < -0.3 is 15.5 Å². The summed E-state index contributed by atoms with van der Waals surface area (Å²) in [5, 5.41) is 5.89. The van der Waals surface area contributed by atoms with Crippen LogP contribution in [0.15, 0.2) is 54.6 Å². The summed E-state index contributed by atoms with van der Waals surface area (Å²) in [5.41, 5.74) is 1.78. The van der Waals surface area contributed by atoms with Crippen LogP contribution in [-0.4, -0.2) is 42.3 Å². The van der Waals surface area contributed by atoms with E-state index in [1.54, 1.807) is 29.2 Å². The Bertz CT molecular complexity index is 950. The number of likely N-dealkylation sites (tertiary alicyclic amines) is 1. The fraction of sp³-hybridized carbons (Fsp3) is 0.423. The molecule has 1 saturated heterocycles. The Morgan fingerprint density at radius 1 is 1.03 bits per heavy atom. The third-order valence-corrected chi connectivity index (χ3v) is 5.68. The average Bonchev–Trinajstić information content (AvgIpc) is 2.79. The fourth-order valence-electron chi connectivity index (χ4n) is 3.73. The molecule has 0 bridgehead atoms. The Morgan fingerprint density at radius 2 is 1.78 bits per heavy atom. The summed E-state index contributed by atoms with van der Waals surface area (Å²) in [7, 11) is 0. The summed E-state index contributed by atoms with van der Waals surface area (Å²) in [6, 6.07) is 17.0. The Morgan fingerprint density at radius 3 is 2.50 bits per heavy atom. The molecule has 3 amide bonds. The van der Waals surface area contributed by atoms with Crippen LogP contribution in [0.2, 0.25) is 0 Å². The highest BCUT2D eigenvalue weighted by atomic mass is 16.2. The zero-order valence-corrected chi connectivity index (χ0v) is 19.2. The highest BCUT2D eigenvalue weighted by Gasteiger charge is 2.29. The number of carbonyl (C=O) groups excluding carboxylic acids is 3. The summed E-state index contributed by atoms with van der Waals surface area (Å²) in [6.45, 7) is 7.16. The number of rotatable bonds is 6.